The number of rotatable bonds is 3. The van der Waals surface area contributed by atoms with Crippen molar-refractivity contribution >= 4 is 5.91 Å². The number of halogens is 3. The first kappa shape index (κ1) is 15.9. The molecule has 2 nitrogen and oxygen atoms in total. The van der Waals surface area contributed by atoms with Crippen LogP contribution in [0.1, 0.15) is 48.5 Å². The molecule has 0 radical (unpaired) electrons. The first-order chi connectivity index (χ1) is 9.91. The summed E-state index contributed by atoms with van der Waals surface area (Å²) < 4.78 is 37.5. The highest BCUT2D eigenvalue weighted by Crippen LogP contribution is 2.29. The van der Waals surface area contributed by atoms with E-state index in [0.29, 0.717) is 24.6 Å². The van der Waals surface area contributed by atoms with Crippen LogP contribution in [0.2, 0.25) is 0 Å². The molecule has 0 unspecified atom stereocenters. The highest BCUT2D eigenvalue weighted by atomic mass is 19.4. The molecular weight excluding hydrogens is 279 g/mol. The average Bonchev–Trinajstić information content (AvgIpc) is 2.47. The SMILES string of the molecule is CCCC1CCN(C(=O)c2ccc(C(F)(F)F)cc2)CC1. The Hall–Kier alpha value is -1.52. The molecule has 0 N–H and O–H groups in total. The third-order valence-electron chi connectivity index (χ3n) is 4.06. The molecule has 0 atom stereocenters. The second-order valence-corrected chi connectivity index (χ2v) is 5.60. The fraction of sp³-hybridized carbons (Fsp3) is 0.562. The summed E-state index contributed by atoms with van der Waals surface area (Å²) in [5.41, 5.74) is -0.391. The van der Waals surface area contributed by atoms with E-state index in [9.17, 15) is 18.0 Å². The van der Waals surface area contributed by atoms with Gasteiger partial charge in [0.2, 0.25) is 0 Å². The van der Waals surface area contributed by atoms with E-state index in [4.69, 9.17) is 0 Å². The van der Waals surface area contributed by atoms with E-state index in [1.54, 1.807) is 4.90 Å². The van der Waals surface area contributed by atoms with Gasteiger partial charge in [-0.25, -0.2) is 0 Å². The minimum Gasteiger partial charge on any atom is -0.339 e. The van der Waals surface area contributed by atoms with Gasteiger partial charge in [-0.1, -0.05) is 19.8 Å². The monoisotopic (exact) mass is 299 g/mol. The molecule has 2 rings (SSSR count). The third kappa shape index (κ3) is 3.99. The summed E-state index contributed by atoms with van der Waals surface area (Å²) in [5, 5.41) is 0. The Bertz CT molecular complexity index is 473. The first-order valence-corrected chi connectivity index (χ1v) is 7.38. The van der Waals surface area contributed by atoms with Crippen LogP contribution in [-0.4, -0.2) is 23.9 Å². The number of benzene rings is 1. The molecule has 0 aliphatic carbocycles. The van der Waals surface area contributed by atoms with Crippen LogP contribution in [0.5, 0.6) is 0 Å². The Morgan fingerprint density at radius 3 is 2.24 bits per heavy atom. The highest BCUT2D eigenvalue weighted by molar-refractivity contribution is 5.94. The van der Waals surface area contributed by atoms with E-state index in [-0.39, 0.29) is 5.91 Å². The van der Waals surface area contributed by atoms with Gasteiger partial charge in [-0.3, -0.25) is 4.79 Å². The van der Waals surface area contributed by atoms with Gasteiger partial charge in [0.25, 0.3) is 5.91 Å². The normalized spacial score (nSPS) is 17.0. The number of piperidine rings is 1. The van der Waals surface area contributed by atoms with Gasteiger partial charge < -0.3 is 4.90 Å². The van der Waals surface area contributed by atoms with Crippen molar-refractivity contribution < 1.29 is 18.0 Å². The van der Waals surface area contributed by atoms with E-state index in [1.165, 1.54) is 18.6 Å². The van der Waals surface area contributed by atoms with Crippen LogP contribution in [0.4, 0.5) is 13.2 Å². The minimum atomic E-state index is -4.36. The van der Waals surface area contributed by atoms with Gasteiger partial charge in [-0.15, -0.1) is 0 Å². The maximum Gasteiger partial charge on any atom is 0.416 e. The van der Waals surface area contributed by atoms with Gasteiger partial charge in [-0.2, -0.15) is 13.2 Å². The van der Waals surface area contributed by atoms with Gasteiger partial charge in [0, 0.05) is 18.7 Å². The quantitative estimate of drug-likeness (QED) is 0.812. The van der Waals surface area contributed by atoms with E-state index >= 15 is 0 Å². The van der Waals surface area contributed by atoms with Crippen molar-refractivity contribution in [3.63, 3.8) is 0 Å². The van der Waals surface area contributed by atoms with Crippen LogP contribution in [-0.2, 0) is 6.18 Å². The zero-order valence-electron chi connectivity index (χ0n) is 12.1. The van der Waals surface area contributed by atoms with Gasteiger partial charge in [-0.05, 0) is 43.0 Å². The van der Waals surface area contributed by atoms with Crippen molar-refractivity contribution in [2.24, 2.45) is 5.92 Å². The Morgan fingerprint density at radius 1 is 1.19 bits per heavy atom. The van der Waals surface area contributed by atoms with Crippen molar-refractivity contribution in [2.45, 2.75) is 38.8 Å². The smallest absolute Gasteiger partial charge is 0.339 e. The molecule has 1 aliphatic heterocycles. The molecule has 1 aromatic carbocycles. The van der Waals surface area contributed by atoms with E-state index < -0.39 is 11.7 Å². The maximum atomic E-state index is 12.5. The van der Waals surface area contributed by atoms with Crippen molar-refractivity contribution in [3.05, 3.63) is 35.4 Å². The summed E-state index contributed by atoms with van der Waals surface area (Å²) in [5.74, 6) is 0.505. The third-order valence-corrected chi connectivity index (χ3v) is 4.06. The van der Waals surface area contributed by atoms with Crippen molar-refractivity contribution in [1.82, 2.24) is 4.90 Å². The van der Waals surface area contributed by atoms with Gasteiger partial charge in [0.15, 0.2) is 0 Å². The molecule has 21 heavy (non-hydrogen) atoms. The van der Waals surface area contributed by atoms with Crippen molar-refractivity contribution in [3.8, 4) is 0 Å². The molecule has 1 saturated heterocycles. The summed E-state index contributed by atoms with van der Waals surface area (Å²) in [6.45, 7) is 3.55. The number of carbonyl (C=O) groups is 1. The van der Waals surface area contributed by atoms with E-state index in [1.807, 2.05) is 0 Å². The number of hydrogen-bond acceptors (Lipinski definition) is 1. The average molecular weight is 299 g/mol. The summed E-state index contributed by atoms with van der Waals surface area (Å²) in [7, 11) is 0. The summed E-state index contributed by atoms with van der Waals surface area (Å²) in [6.07, 6.45) is -0.0552. The Morgan fingerprint density at radius 2 is 1.76 bits per heavy atom. The molecule has 116 valence electrons. The lowest BCUT2D eigenvalue weighted by Crippen LogP contribution is -2.38. The highest BCUT2D eigenvalue weighted by Gasteiger charge is 2.30. The second kappa shape index (κ2) is 6.50. The van der Waals surface area contributed by atoms with Crippen LogP contribution >= 0.6 is 0 Å². The van der Waals surface area contributed by atoms with Gasteiger partial charge in [0.1, 0.15) is 0 Å². The number of likely N-dealkylation sites (tertiary alicyclic amines) is 1. The summed E-state index contributed by atoms with van der Waals surface area (Å²) in [4.78, 5) is 14.0. The predicted molar refractivity (Wildman–Crippen MR) is 75.0 cm³/mol. The lowest BCUT2D eigenvalue weighted by atomic mass is 9.92. The topological polar surface area (TPSA) is 20.3 Å². The van der Waals surface area contributed by atoms with Crippen molar-refractivity contribution in [1.29, 1.82) is 0 Å². The van der Waals surface area contributed by atoms with Crippen LogP contribution in [0.25, 0.3) is 0 Å². The summed E-state index contributed by atoms with van der Waals surface area (Å²) in [6, 6.07) is 4.47. The van der Waals surface area contributed by atoms with Crippen LogP contribution < -0.4 is 0 Å². The maximum absolute atomic E-state index is 12.5. The first-order valence-electron chi connectivity index (χ1n) is 7.38. The largest absolute Gasteiger partial charge is 0.416 e. The lowest BCUT2D eigenvalue weighted by molar-refractivity contribution is -0.137. The zero-order chi connectivity index (χ0) is 15.5. The Balaban J connectivity index is 1.98. The molecule has 1 amide bonds. The van der Waals surface area contributed by atoms with Crippen LogP contribution in [0, 0.1) is 5.92 Å². The molecule has 0 spiro atoms. The standard InChI is InChI=1S/C16H20F3NO/c1-2-3-12-8-10-20(11-9-12)15(21)13-4-6-14(7-5-13)16(17,18)19/h4-7,12H,2-3,8-11H2,1H3. The molecule has 0 bridgehead atoms. The second-order valence-electron chi connectivity index (χ2n) is 5.60. The Kier molecular flexibility index (Phi) is 4.91. The number of hydrogen-bond donors (Lipinski definition) is 0. The Labute approximate surface area is 122 Å². The van der Waals surface area contributed by atoms with Gasteiger partial charge in [0.05, 0.1) is 5.56 Å². The number of amides is 1. The molecule has 0 saturated carbocycles. The molecule has 0 aromatic heterocycles. The predicted octanol–water partition coefficient (Wildman–Crippen LogP) is 4.36. The minimum absolute atomic E-state index is 0.168. The molecule has 1 heterocycles. The number of carbonyl (C=O) groups excluding carboxylic acids is 1. The fourth-order valence-electron chi connectivity index (χ4n) is 2.82. The van der Waals surface area contributed by atoms with E-state index in [0.717, 1.165) is 31.4 Å². The molecular formula is C16H20F3NO. The molecule has 5 heteroatoms. The fourth-order valence-corrected chi connectivity index (χ4v) is 2.82. The molecule has 1 fully saturated rings. The number of alkyl halides is 3. The van der Waals surface area contributed by atoms with E-state index in [2.05, 4.69) is 6.92 Å². The molecule has 1 aromatic rings. The van der Waals surface area contributed by atoms with Crippen LogP contribution in [0.3, 0.4) is 0 Å². The lowest BCUT2D eigenvalue weighted by Gasteiger charge is -2.32. The van der Waals surface area contributed by atoms with Gasteiger partial charge >= 0.3 is 6.18 Å². The zero-order valence-corrected chi connectivity index (χ0v) is 12.1. The molecule has 1 aliphatic rings. The van der Waals surface area contributed by atoms with Crippen molar-refractivity contribution in [2.75, 3.05) is 13.1 Å². The van der Waals surface area contributed by atoms with Crippen LogP contribution in [0.15, 0.2) is 24.3 Å². The number of nitrogens with zero attached hydrogens (tertiary/aromatic N) is 1. The summed E-state index contributed by atoms with van der Waals surface area (Å²) >= 11 is 0.